The number of fused-ring (bicyclic) bond motifs is 1. The first kappa shape index (κ1) is 13.8. The van der Waals surface area contributed by atoms with Crippen molar-refractivity contribution in [2.24, 2.45) is 0 Å². The Balaban J connectivity index is 1.99. The molecular weight excluding hydrogens is 286 g/mol. The van der Waals surface area contributed by atoms with Crippen LogP contribution in [0.2, 0.25) is 0 Å². The van der Waals surface area contributed by atoms with Crippen LogP contribution in [0, 0.1) is 0 Å². The first-order valence-corrected chi connectivity index (χ1v) is 7.47. The van der Waals surface area contributed by atoms with E-state index >= 15 is 0 Å². The van der Waals surface area contributed by atoms with Gasteiger partial charge in [0.05, 0.1) is 7.11 Å². The molecule has 5 nitrogen and oxygen atoms in total. The third kappa shape index (κ3) is 2.21. The average Bonchev–Trinajstić information content (AvgIpc) is 3.06. The molecule has 3 N–H and O–H groups in total. The predicted molar refractivity (Wildman–Crippen MR) is 85.0 cm³/mol. The second-order valence-electron chi connectivity index (χ2n) is 4.89. The van der Waals surface area contributed by atoms with E-state index < -0.39 is 0 Å². The van der Waals surface area contributed by atoms with Crippen molar-refractivity contribution in [1.29, 1.82) is 0 Å². The van der Waals surface area contributed by atoms with E-state index in [9.17, 15) is 4.79 Å². The Hall–Kier alpha value is -2.21. The van der Waals surface area contributed by atoms with Gasteiger partial charge in [-0.05, 0) is 11.1 Å². The third-order valence-electron chi connectivity index (χ3n) is 3.65. The second-order valence-corrected chi connectivity index (χ2v) is 5.89. The van der Waals surface area contributed by atoms with Gasteiger partial charge in [0, 0.05) is 20.1 Å². The summed E-state index contributed by atoms with van der Waals surface area (Å²) >= 11 is 1.38. The lowest BCUT2D eigenvalue weighted by molar-refractivity contribution is 0.0967. The van der Waals surface area contributed by atoms with E-state index in [1.807, 2.05) is 12.1 Å². The number of methoxy groups -OCH3 is 1. The number of amides is 1. The maximum Gasteiger partial charge on any atom is 0.263 e. The third-order valence-corrected chi connectivity index (χ3v) is 4.89. The van der Waals surface area contributed by atoms with Crippen LogP contribution in [-0.2, 0) is 13.1 Å². The number of carbonyl (C=O) groups excluding carboxylic acids is 1. The van der Waals surface area contributed by atoms with Crippen molar-refractivity contribution in [3.05, 3.63) is 40.3 Å². The maximum absolute atomic E-state index is 11.9. The molecule has 0 fully saturated rings. The zero-order chi connectivity index (χ0) is 15.0. The minimum absolute atomic E-state index is 0.182. The number of rotatable bonds is 3. The van der Waals surface area contributed by atoms with Gasteiger partial charge in [-0.2, -0.15) is 0 Å². The number of nitrogens with zero attached hydrogens (tertiary/aromatic N) is 1. The van der Waals surface area contributed by atoms with Gasteiger partial charge < -0.3 is 20.7 Å². The van der Waals surface area contributed by atoms with Gasteiger partial charge in [0.15, 0.2) is 5.75 Å². The number of thiophene rings is 1. The number of hydrogen-bond acceptors (Lipinski definition) is 5. The highest BCUT2D eigenvalue weighted by molar-refractivity contribution is 7.19. The highest BCUT2D eigenvalue weighted by Crippen LogP contribution is 2.46. The van der Waals surface area contributed by atoms with E-state index in [0.717, 1.165) is 18.1 Å². The second kappa shape index (κ2) is 5.29. The summed E-state index contributed by atoms with van der Waals surface area (Å²) < 4.78 is 5.43. The Bertz CT molecular complexity index is 671. The summed E-state index contributed by atoms with van der Waals surface area (Å²) in [6.45, 7) is 1.61. The number of ether oxygens (including phenoxy) is 1. The normalized spacial score (nSPS) is 13.1. The molecule has 2 heterocycles. The van der Waals surface area contributed by atoms with Crippen molar-refractivity contribution in [1.82, 2.24) is 5.32 Å². The van der Waals surface area contributed by atoms with Crippen LogP contribution < -0.4 is 20.7 Å². The predicted octanol–water partition coefficient (Wildman–Crippen LogP) is 2.22. The summed E-state index contributed by atoms with van der Waals surface area (Å²) in [5.74, 6) is 0.408. The largest absolute Gasteiger partial charge is 0.492 e. The Morgan fingerprint density at radius 2 is 1.95 bits per heavy atom. The molecule has 3 rings (SSSR count). The van der Waals surface area contributed by atoms with Crippen molar-refractivity contribution in [3.8, 4) is 5.75 Å². The fraction of sp³-hybridized carbons (Fsp3) is 0.267. The molecule has 0 radical (unpaired) electrons. The van der Waals surface area contributed by atoms with Crippen molar-refractivity contribution >= 4 is 27.9 Å². The van der Waals surface area contributed by atoms with Gasteiger partial charge >= 0.3 is 0 Å². The van der Waals surface area contributed by atoms with E-state index in [1.165, 1.54) is 22.5 Å². The highest BCUT2D eigenvalue weighted by Gasteiger charge is 2.28. The van der Waals surface area contributed by atoms with E-state index in [2.05, 4.69) is 22.3 Å². The summed E-state index contributed by atoms with van der Waals surface area (Å²) in [5, 5.41) is 3.52. The Kier molecular flexibility index (Phi) is 3.47. The molecule has 1 aliphatic heterocycles. The summed E-state index contributed by atoms with van der Waals surface area (Å²) in [6, 6.07) is 8.33. The van der Waals surface area contributed by atoms with E-state index in [0.29, 0.717) is 16.3 Å². The minimum atomic E-state index is -0.182. The molecule has 1 aliphatic rings. The van der Waals surface area contributed by atoms with Crippen LogP contribution >= 0.6 is 11.3 Å². The van der Waals surface area contributed by atoms with Gasteiger partial charge in [-0.15, -0.1) is 11.3 Å². The number of benzene rings is 1. The SMILES string of the molecule is CNC(=O)c1sc(N2Cc3ccccc3C2)c(OC)c1N. The van der Waals surface area contributed by atoms with Crippen LogP contribution in [0.3, 0.4) is 0 Å². The van der Waals surface area contributed by atoms with E-state index in [-0.39, 0.29) is 5.91 Å². The summed E-state index contributed by atoms with van der Waals surface area (Å²) in [6.07, 6.45) is 0. The molecule has 1 aromatic carbocycles. The molecule has 0 spiro atoms. The van der Waals surface area contributed by atoms with Gasteiger partial charge in [0.2, 0.25) is 0 Å². The molecule has 6 heteroatoms. The standard InChI is InChI=1S/C15H17N3O2S/c1-17-14(19)13-11(16)12(20-2)15(21-13)18-7-9-5-3-4-6-10(9)8-18/h3-6H,7-8,16H2,1-2H3,(H,17,19). The average molecular weight is 303 g/mol. The number of nitrogens with one attached hydrogen (secondary N) is 1. The molecule has 1 aromatic heterocycles. The summed E-state index contributed by atoms with van der Waals surface area (Å²) in [5.41, 5.74) is 9.07. The zero-order valence-corrected chi connectivity index (χ0v) is 12.8. The molecule has 1 amide bonds. The van der Waals surface area contributed by atoms with Crippen LogP contribution in [0.25, 0.3) is 0 Å². The fourth-order valence-corrected chi connectivity index (χ4v) is 3.72. The van der Waals surface area contributed by atoms with Crippen LogP contribution in [0.5, 0.6) is 5.75 Å². The number of nitrogens with two attached hydrogens (primary N) is 1. The molecule has 0 saturated carbocycles. The van der Waals surface area contributed by atoms with Crippen LogP contribution in [0.1, 0.15) is 20.8 Å². The Morgan fingerprint density at radius 3 is 2.48 bits per heavy atom. The molecule has 0 aliphatic carbocycles. The zero-order valence-electron chi connectivity index (χ0n) is 12.0. The number of carbonyl (C=O) groups is 1. The van der Waals surface area contributed by atoms with Crippen molar-refractivity contribution in [2.75, 3.05) is 24.8 Å². The fourth-order valence-electron chi connectivity index (χ4n) is 2.58. The molecule has 0 bridgehead atoms. The molecule has 21 heavy (non-hydrogen) atoms. The number of hydrogen-bond donors (Lipinski definition) is 2. The topological polar surface area (TPSA) is 67.6 Å². The van der Waals surface area contributed by atoms with Crippen LogP contribution in [0.15, 0.2) is 24.3 Å². The Labute approximate surface area is 127 Å². The summed E-state index contributed by atoms with van der Waals surface area (Å²) in [7, 11) is 3.18. The molecule has 0 atom stereocenters. The highest BCUT2D eigenvalue weighted by atomic mass is 32.1. The molecule has 0 saturated heterocycles. The lowest BCUT2D eigenvalue weighted by Crippen LogP contribution is -2.17. The number of anilines is 2. The quantitative estimate of drug-likeness (QED) is 0.912. The van der Waals surface area contributed by atoms with E-state index in [4.69, 9.17) is 10.5 Å². The first-order valence-electron chi connectivity index (χ1n) is 6.65. The maximum atomic E-state index is 11.9. The molecule has 2 aromatic rings. The van der Waals surface area contributed by atoms with Gasteiger partial charge in [-0.25, -0.2) is 0 Å². The van der Waals surface area contributed by atoms with Crippen LogP contribution in [0.4, 0.5) is 10.7 Å². The lowest BCUT2D eigenvalue weighted by atomic mass is 10.1. The monoisotopic (exact) mass is 303 g/mol. The minimum Gasteiger partial charge on any atom is -0.492 e. The molecule has 0 unspecified atom stereocenters. The van der Waals surface area contributed by atoms with Gasteiger partial charge in [0.1, 0.15) is 15.6 Å². The molecular formula is C15H17N3O2S. The smallest absolute Gasteiger partial charge is 0.263 e. The van der Waals surface area contributed by atoms with Crippen molar-refractivity contribution in [3.63, 3.8) is 0 Å². The van der Waals surface area contributed by atoms with Gasteiger partial charge in [0.25, 0.3) is 5.91 Å². The van der Waals surface area contributed by atoms with Crippen LogP contribution in [-0.4, -0.2) is 20.1 Å². The van der Waals surface area contributed by atoms with Crippen molar-refractivity contribution < 1.29 is 9.53 Å². The van der Waals surface area contributed by atoms with E-state index in [1.54, 1.807) is 14.2 Å². The van der Waals surface area contributed by atoms with Gasteiger partial charge in [-0.1, -0.05) is 24.3 Å². The lowest BCUT2D eigenvalue weighted by Gasteiger charge is -2.16. The number of nitrogen functional groups attached to an aromatic ring is 1. The Morgan fingerprint density at radius 1 is 1.33 bits per heavy atom. The first-order chi connectivity index (χ1) is 10.2. The van der Waals surface area contributed by atoms with Crippen molar-refractivity contribution in [2.45, 2.75) is 13.1 Å². The van der Waals surface area contributed by atoms with Gasteiger partial charge in [-0.3, -0.25) is 4.79 Å². The molecule has 110 valence electrons. The summed E-state index contributed by atoms with van der Waals surface area (Å²) in [4.78, 5) is 14.6.